The molecule has 2 aromatic rings. The van der Waals surface area contributed by atoms with Crippen LogP contribution in [-0.2, 0) is 5.67 Å². The molecular weight excluding hydrogens is 529 g/mol. The molecular formula is C24H25F7N2O3S. The molecule has 2 rings (SSSR count). The van der Waals surface area contributed by atoms with Crippen LogP contribution in [0.1, 0.15) is 45.7 Å². The van der Waals surface area contributed by atoms with E-state index in [0.29, 0.717) is 17.9 Å². The summed E-state index contributed by atoms with van der Waals surface area (Å²) in [4.78, 5) is 26.0. The van der Waals surface area contributed by atoms with Crippen molar-refractivity contribution < 1.29 is 45.1 Å². The van der Waals surface area contributed by atoms with Crippen molar-refractivity contribution in [1.82, 2.24) is 5.32 Å². The number of rotatable bonds is 8. The highest BCUT2D eigenvalue weighted by Crippen LogP contribution is 2.53. The van der Waals surface area contributed by atoms with E-state index < -0.39 is 40.9 Å². The first-order valence-corrected chi connectivity index (χ1v) is 12.0. The van der Waals surface area contributed by atoms with E-state index >= 15 is 0 Å². The SMILES string of the molecule is COc1ccc(C(=O)Nc2ccc(C(F)(C(F)(F)F)C(F)(F)F)cc2C)c(C(=O)NC(C)(C)CSC)c1. The van der Waals surface area contributed by atoms with Gasteiger partial charge in [0.15, 0.2) is 0 Å². The Morgan fingerprint density at radius 1 is 0.892 bits per heavy atom. The zero-order chi connectivity index (χ0) is 28.4. The second-order valence-electron chi connectivity index (χ2n) is 8.82. The molecule has 204 valence electrons. The highest BCUT2D eigenvalue weighted by molar-refractivity contribution is 7.98. The van der Waals surface area contributed by atoms with Gasteiger partial charge in [-0.25, -0.2) is 4.39 Å². The molecule has 2 N–H and O–H groups in total. The number of carbonyl (C=O) groups is 2. The van der Waals surface area contributed by atoms with Crippen molar-refractivity contribution >= 4 is 29.3 Å². The van der Waals surface area contributed by atoms with Gasteiger partial charge in [-0.05, 0) is 56.9 Å². The summed E-state index contributed by atoms with van der Waals surface area (Å²) in [6, 6.07) is 5.41. The standard InChI is InChI=1S/C24H25F7N2O3S/c1-13-10-14(22(25,23(26,27)28)24(29,30)31)6-9-18(13)32-19(34)16-8-7-15(36-4)11-17(16)20(35)33-21(2,3)12-37-5/h6-11H,12H2,1-5H3,(H,32,34)(H,33,35). The minimum absolute atomic E-state index is 0.0720. The summed E-state index contributed by atoms with van der Waals surface area (Å²) in [6.45, 7) is 4.66. The molecule has 0 aliphatic carbocycles. The first-order valence-electron chi connectivity index (χ1n) is 10.6. The second kappa shape index (κ2) is 10.8. The third-order valence-corrected chi connectivity index (χ3v) is 6.34. The van der Waals surface area contributed by atoms with Crippen molar-refractivity contribution in [1.29, 1.82) is 0 Å². The van der Waals surface area contributed by atoms with Crippen LogP contribution >= 0.6 is 11.8 Å². The topological polar surface area (TPSA) is 67.4 Å². The first-order chi connectivity index (χ1) is 16.9. The number of anilines is 1. The van der Waals surface area contributed by atoms with E-state index in [1.807, 2.05) is 6.26 Å². The Morgan fingerprint density at radius 3 is 1.97 bits per heavy atom. The molecule has 5 nitrogen and oxygen atoms in total. The van der Waals surface area contributed by atoms with Gasteiger partial charge in [-0.15, -0.1) is 0 Å². The van der Waals surface area contributed by atoms with Gasteiger partial charge in [0.05, 0.1) is 18.2 Å². The van der Waals surface area contributed by atoms with Crippen LogP contribution in [-0.4, -0.2) is 48.8 Å². The van der Waals surface area contributed by atoms with Crippen LogP contribution in [0.15, 0.2) is 36.4 Å². The number of nitrogens with one attached hydrogen (secondary N) is 2. The molecule has 0 radical (unpaired) electrons. The van der Waals surface area contributed by atoms with E-state index in [2.05, 4.69) is 10.6 Å². The van der Waals surface area contributed by atoms with Gasteiger partial charge in [0.2, 0.25) is 0 Å². The molecule has 0 fully saturated rings. The van der Waals surface area contributed by atoms with Gasteiger partial charge in [-0.3, -0.25) is 9.59 Å². The predicted octanol–water partition coefficient (Wildman–Crippen LogP) is 6.42. The third-order valence-electron chi connectivity index (χ3n) is 5.33. The monoisotopic (exact) mass is 554 g/mol. The van der Waals surface area contributed by atoms with Crippen LogP contribution in [0.4, 0.5) is 36.4 Å². The number of hydrogen-bond acceptors (Lipinski definition) is 4. The number of hydrogen-bond donors (Lipinski definition) is 2. The van der Waals surface area contributed by atoms with Crippen LogP contribution in [0.25, 0.3) is 0 Å². The molecule has 2 amide bonds. The lowest BCUT2D eigenvalue weighted by atomic mass is 9.92. The maximum Gasteiger partial charge on any atom is 0.435 e. The molecule has 0 heterocycles. The molecule has 0 atom stereocenters. The Balaban J connectivity index is 2.44. The van der Waals surface area contributed by atoms with Crippen LogP contribution in [0.2, 0.25) is 0 Å². The molecule has 0 unspecified atom stereocenters. The van der Waals surface area contributed by atoms with Crippen molar-refractivity contribution in [2.75, 3.05) is 24.4 Å². The number of ether oxygens (including phenoxy) is 1. The molecule has 0 saturated carbocycles. The number of benzene rings is 2. The van der Waals surface area contributed by atoms with Crippen LogP contribution in [0, 0.1) is 6.92 Å². The average molecular weight is 555 g/mol. The number of halogens is 7. The van der Waals surface area contributed by atoms with Crippen molar-refractivity contribution in [2.45, 2.75) is 44.3 Å². The van der Waals surface area contributed by atoms with E-state index in [9.17, 15) is 40.3 Å². The summed E-state index contributed by atoms with van der Waals surface area (Å²) < 4.78 is 98.0. The van der Waals surface area contributed by atoms with Gasteiger partial charge < -0.3 is 15.4 Å². The Labute approximate surface area is 213 Å². The maximum atomic E-state index is 14.4. The second-order valence-corrected chi connectivity index (χ2v) is 9.69. The number of aryl methyl sites for hydroxylation is 1. The minimum atomic E-state index is -6.27. The predicted molar refractivity (Wildman–Crippen MR) is 127 cm³/mol. The van der Waals surface area contributed by atoms with Crippen molar-refractivity contribution in [2.24, 2.45) is 0 Å². The summed E-state index contributed by atoms with van der Waals surface area (Å²) in [5, 5.41) is 5.15. The smallest absolute Gasteiger partial charge is 0.435 e. The largest absolute Gasteiger partial charge is 0.497 e. The lowest BCUT2D eigenvalue weighted by Crippen LogP contribution is -2.50. The van der Waals surface area contributed by atoms with Gasteiger partial charge >= 0.3 is 18.0 Å². The minimum Gasteiger partial charge on any atom is -0.497 e. The van der Waals surface area contributed by atoms with Gasteiger partial charge in [0.1, 0.15) is 5.75 Å². The lowest BCUT2D eigenvalue weighted by Gasteiger charge is -2.30. The van der Waals surface area contributed by atoms with Gasteiger partial charge in [0.25, 0.3) is 11.8 Å². The summed E-state index contributed by atoms with van der Waals surface area (Å²) in [5.74, 6) is -0.650. The summed E-state index contributed by atoms with van der Waals surface area (Å²) >= 11 is 1.49. The Bertz CT molecular complexity index is 1150. The average Bonchev–Trinajstić information content (AvgIpc) is 2.77. The number of methoxy groups -OCH3 is 1. The molecule has 0 bridgehead atoms. The van der Waals surface area contributed by atoms with Gasteiger partial charge in [-0.1, -0.05) is 12.1 Å². The van der Waals surface area contributed by atoms with Crippen LogP contribution in [0.5, 0.6) is 5.75 Å². The van der Waals surface area contributed by atoms with Gasteiger partial charge in [0, 0.05) is 22.5 Å². The number of thioether (sulfide) groups is 1. The molecule has 0 aliphatic heterocycles. The number of carbonyl (C=O) groups excluding carboxylic acids is 2. The quantitative estimate of drug-likeness (QED) is 0.370. The fourth-order valence-corrected chi connectivity index (χ4v) is 4.30. The fourth-order valence-electron chi connectivity index (χ4n) is 3.50. The molecule has 2 aromatic carbocycles. The lowest BCUT2D eigenvalue weighted by molar-refractivity contribution is -0.348. The molecule has 0 spiro atoms. The van der Waals surface area contributed by atoms with E-state index in [4.69, 9.17) is 4.74 Å². The van der Waals surface area contributed by atoms with E-state index in [0.717, 1.165) is 13.0 Å². The van der Waals surface area contributed by atoms with E-state index in [1.54, 1.807) is 13.8 Å². The molecule has 13 heteroatoms. The Morgan fingerprint density at radius 2 is 1.49 bits per heavy atom. The van der Waals surface area contributed by atoms with Crippen molar-refractivity contribution in [3.05, 3.63) is 58.7 Å². The molecule has 37 heavy (non-hydrogen) atoms. The first kappa shape index (κ1) is 30.3. The zero-order valence-electron chi connectivity index (χ0n) is 20.4. The summed E-state index contributed by atoms with van der Waals surface area (Å²) in [6.07, 6.45) is -10.7. The molecule has 0 aliphatic rings. The molecule has 0 saturated heterocycles. The third kappa shape index (κ3) is 6.49. The van der Waals surface area contributed by atoms with Crippen LogP contribution in [0.3, 0.4) is 0 Å². The summed E-state index contributed by atoms with van der Waals surface area (Å²) in [7, 11) is 1.35. The Hall–Kier alpha value is -2.96. The molecule has 0 aromatic heterocycles. The summed E-state index contributed by atoms with van der Waals surface area (Å²) in [5.41, 5.74) is -8.56. The van der Waals surface area contributed by atoms with Crippen LogP contribution < -0.4 is 15.4 Å². The van der Waals surface area contributed by atoms with Gasteiger partial charge in [-0.2, -0.15) is 38.1 Å². The number of alkyl halides is 7. The van der Waals surface area contributed by atoms with E-state index in [-0.39, 0.29) is 28.1 Å². The highest BCUT2D eigenvalue weighted by Gasteiger charge is 2.73. The normalized spacial score (nSPS) is 12.8. The number of amides is 2. The fraction of sp³-hybridized carbons (Fsp3) is 0.417. The van der Waals surface area contributed by atoms with Crippen molar-refractivity contribution in [3.63, 3.8) is 0 Å². The zero-order valence-corrected chi connectivity index (χ0v) is 21.3. The maximum absolute atomic E-state index is 14.4. The van der Waals surface area contributed by atoms with E-state index in [1.165, 1.54) is 37.1 Å². The highest BCUT2D eigenvalue weighted by atomic mass is 32.2. The van der Waals surface area contributed by atoms with Crippen molar-refractivity contribution in [3.8, 4) is 5.75 Å². The Kier molecular flexibility index (Phi) is 8.83.